The predicted molar refractivity (Wildman–Crippen MR) is 114 cm³/mol. The maximum Gasteiger partial charge on any atom is 0.295 e. The average molecular weight is 400 g/mol. The van der Waals surface area contributed by atoms with Gasteiger partial charge in [-0.15, -0.1) is 5.10 Å². The first-order chi connectivity index (χ1) is 14.7. The summed E-state index contributed by atoms with van der Waals surface area (Å²) >= 11 is 0. The Labute approximate surface area is 173 Å². The Morgan fingerprint density at radius 3 is 2.30 bits per heavy atom. The van der Waals surface area contributed by atoms with E-state index < -0.39 is 5.91 Å². The Kier molecular flexibility index (Phi) is 5.43. The number of methoxy groups -OCH3 is 2. The van der Waals surface area contributed by atoms with Crippen molar-refractivity contribution >= 4 is 11.6 Å². The monoisotopic (exact) mass is 400 g/mol. The second kappa shape index (κ2) is 8.48. The van der Waals surface area contributed by atoms with Crippen molar-refractivity contribution in [1.82, 2.24) is 14.8 Å². The third kappa shape index (κ3) is 4.00. The maximum atomic E-state index is 12.8. The number of carbonyl (C=O) groups excluding carboxylic acids is 1. The number of anilines is 1. The number of para-hydroxylation sites is 1. The van der Waals surface area contributed by atoms with Crippen LogP contribution in [0.2, 0.25) is 0 Å². The summed E-state index contributed by atoms with van der Waals surface area (Å²) in [6.07, 6.45) is 0. The molecule has 0 aliphatic heterocycles. The lowest BCUT2D eigenvalue weighted by Crippen LogP contribution is -2.14. The van der Waals surface area contributed by atoms with E-state index in [-0.39, 0.29) is 5.82 Å². The van der Waals surface area contributed by atoms with E-state index in [0.29, 0.717) is 17.3 Å². The number of ether oxygens (including phenoxy) is 2. The smallest absolute Gasteiger partial charge is 0.295 e. The van der Waals surface area contributed by atoms with Gasteiger partial charge in [-0.1, -0.05) is 24.3 Å². The van der Waals surface area contributed by atoms with E-state index in [4.69, 9.17) is 9.47 Å². The fourth-order valence-corrected chi connectivity index (χ4v) is 2.97. The van der Waals surface area contributed by atoms with Crippen molar-refractivity contribution in [2.75, 3.05) is 19.5 Å². The first-order valence-corrected chi connectivity index (χ1v) is 9.30. The van der Waals surface area contributed by atoms with Gasteiger partial charge in [0.1, 0.15) is 11.5 Å². The predicted octanol–water partition coefficient (Wildman–Crippen LogP) is 4.20. The van der Waals surface area contributed by atoms with Crippen molar-refractivity contribution in [1.29, 1.82) is 0 Å². The Hall–Kier alpha value is -4.13. The molecule has 0 unspecified atom stereocenters. The summed E-state index contributed by atoms with van der Waals surface area (Å²) in [6, 6.07) is 24.1. The van der Waals surface area contributed by atoms with Crippen LogP contribution in [0, 0.1) is 0 Å². The molecule has 1 aromatic heterocycles. The quantitative estimate of drug-likeness (QED) is 0.525. The highest BCUT2D eigenvalue weighted by Gasteiger charge is 2.19. The van der Waals surface area contributed by atoms with Crippen LogP contribution in [0.15, 0.2) is 78.9 Å². The van der Waals surface area contributed by atoms with Crippen LogP contribution < -0.4 is 14.8 Å². The van der Waals surface area contributed by atoms with Gasteiger partial charge in [0.05, 0.1) is 19.9 Å². The molecule has 7 nitrogen and oxygen atoms in total. The average Bonchev–Trinajstić information content (AvgIpc) is 3.25. The van der Waals surface area contributed by atoms with Gasteiger partial charge in [0.25, 0.3) is 5.91 Å². The summed E-state index contributed by atoms with van der Waals surface area (Å²) in [4.78, 5) is 17.4. The highest BCUT2D eigenvalue weighted by molar-refractivity contribution is 6.02. The maximum absolute atomic E-state index is 12.8. The highest BCUT2D eigenvalue weighted by Crippen LogP contribution is 2.24. The van der Waals surface area contributed by atoms with Gasteiger partial charge in [0.2, 0.25) is 5.82 Å². The summed E-state index contributed by atoms with van der Waals surface area (Å²) in [7, 11) is 3.19. The molecule has 150 valence electrons. The van der Waals surface area contributed by atoms with Crippen LogP contribution in [0.25, 0.3) is 17.1 Å². The molecule has 0 fully saturated rings. The molecule has 0 bridgehead atoms. The van der Waals surface area contributed by atoms with Crippen LogP contribution >= 0.6 is 0 Å². The Morgan fingerprint density at radius 1 is 0.867 bits per heavy atom. The lowest BCUT2D eigenvalue weighted by Gasteiger charge is -2.06. The van der Waals surface area contributed by atoms with E-state index in [1.807, 2.05) is 54.6 Å². The molecule has 7 heteroatoms. The van der Waals surface area contributed by atoms with Gasteiger partial charge in [0, 0.05) is 17.3 Å². The van der Waals surface area contributed by atoms with Crippen LogP contribution in [-0.2, 0) is 0 Å². The first-order valence-electron chi connectivity index (χ1n) is 9.30. The largest absolute Gasteiger partial charge is 0.497 e. The number of rotatable bonds is 6. The second-order valence-corrected chi connectivity index (χ2v) is 6.42. The highest BCUT2D eigenvalue weighted by atomic mass is 16.5. The molecule has 0 saturated carbocycles. The van der Waals surface area contributed by atoms with Gasteiger partial charge in [-0.25, -0.2) is 9.67 Å². The molecular formula is C23H20N4O3. The molecule has 0 atom stereocenters. The Morgan fingerprint density at radius 2 is 1.60 bits per heavy atom. The summed E-state index contributed by atoms with van der Waals surface area (Å²) in [5, 5.41) is 7.29. The SMILES string of the molecule is COc1ccc(-c2nc(C(=O)Nc3cccc(OC)c3)nn2-c2ccccc2)cc1. The minimum atomic E-state index is -0.410. The molecular weight excluding hydrogens is 380 g/mol. The number of aromatic nitrogens is 3. The summed E-state index contributed by atoms with van der Waals surface area (Å²) in [5.41, 5.74) is 2.21. The number of nitrogens with one attached hydrogen (secondary N) is 1. The van der Waals surface area contributed by atoms with Crippen molar-refractivity contribution in [2.45, 2.75) is 0 Å². The summed E-state index contributed by atoms with van der Waals surface area (Å²) in [6.45, 7) is 0. The van der Waals surface area contributed by atoms with Crippen LogP contribution in [-0.4, -0.2) is 34.9 Å². The third-order valence-electron chi connectivity index (χ3n) is 4.49. The molecule has 1 N–H and O–H groups in total. The Bertz CT molecular complexity index is 1150. The lowest BCUT2D eigenvalue weighted by atomic mass is 10.2. The molecule has 3 aromatic carbocycles. The molecule has 0 spiro atoms. The molecule has 4 rings (SSSR count). The van der Waals surface area contributed by atoms with Gasteiger partial charge in [-0.05, 0) is 48.5 Å². The van der Waals surface area contributed by atoms with E-state index >= 15 is 0 Å². The fraction of sp³-hybridized carbons (Fsp3) is 0.0870. The van der Waals surface area contributed by atoms with Crippen LogP contribution in [0.5, 0.6) is 11.5 Å². The number of hydrogen-bond acceptors (Lipinski definition) is 5. The van der Waals surface area contributed by atoms with Crippen molar-refractivity contribution in [3.05, 3.63) is 84.7 Å². The topological polar surface area (TPSA) is 78.3 Å². The number of nitrogens with zero attached hydrogens (tertiary/aromatic N) is 3. The van der Waals surface area contributed by atoms with Gasteiger partial charge >= 0.3 is 0 Å². The van der Waals surface area contributed by atoms with Gasteiger partial charge in [-0.3, -0.25) is 4.79 Å². The van der Waals surface area contributed by atoms with Gasteiger partial charge in [0.15, 0.2) is 5.82 Å². The first kappa shape index (κ1) is 19.2. The molecule has 0 aliphatic carbocycles. The summed E-state index contributed by atoms with van der Waals surface area (Å²) in [5.74, 6) is 1.59. The number of hydrogen-bond donors (Lipinski definition) is 1. The third-order valence-corrected chi connectivity index (χ3v) is 4.49. The van der Waals surface area contributed by atoms with Crippen molar-refractivity contribution in [2.24, 2.45) is 0 Å². The zero-order valence-corrected chi connectivity index (χ0v) is 16.6. The molecule has 30 heavy (non-hydrogen) atoms. The molecule has 1 heterocycles. The van der Waals surface area contributed by atoms with E-state index in [1.165, 1.54) is 0 Å². The van der Waals surface area contributed by atoms with E-state index in [2.05, 4.69) is 15.4 Å². The van der Waals surface area contributed by atoms with Gasteiger partial charge < -0.3 is 14.8 Å². The van der Waals surface area contributed by atoms with Crippen LogP contribution in [0.3, 0.4) is 0 Å². The minimum Gasteiger partial charge on any atom is -0.497 e. The van der Waals surface area contributed by atoms with E-state index in [1.54, 1.807) is 43.2 Å². The van der Waals surface area contributed by atoms with E-state index in [0.717, 1.165) is 17.0 Å². The van der Waals surface area contributed by atoms with Crippen molar-refractivity contribution in [3.63, 3.8) is 0 Å². The minimum absolute atomic E-state index is 0.0625. The molecule has 0 aliphatic rings. The van der Waals surface area contributed by atoms with Crippen molar-refractivity contribution < 1.29 is 14.3 Å². The fourth-order valence-electron chi connectivity index (χ4n) is 2.97. The van der Waals surface area contributed by atoms with Gasteiger partial charge in [-0.2, -0.15) is 0 Å². The second-order valence-electron chi connectivity index (χ2n) is 6.42. The molecule has 1 amide bonds. The van der Waals surface area contributed by atoms with Crippen LogP contribution in [0.1, 0.15) is 10.6 Å². The number of amides is 1. The summed E-state index contributed by atoms with van der Waals surface area (Å²) < 4.78 is 12.1. The number of benzene rings is 3. The lowest BCUT2D eigenvalue weighted by molar-refractivity contribution is 0.101. The van der Waals surface area contributed by atoms with Crippen LogP contribution in [0.4, 0.5) is 5.69 Å². The molecule has 0 radical (unpaired) electrons. The zero-order valence-electron chi connectivity index (χ0n) is 16.6. The van der Waals surface area contributed by atoms with Crippen molar-refractivity contribution in [3.8, 4) is 28.6 Å². The standard InChI is InChI=1S/C23H20N4O3/c1-29-19-13-11-16(12-14-19)22-25-21(26-27(22)18-8-4-3-5-9-18)23(28)24-17-7-6-10-20(15-17)30-2/h3-15H,1-2H3,(H,24,28). The Balaban J connectivity index is 1.71. The zero-order chi connectivity index (χ0) is 20.9. The number of carbonyl (C=O) groups is 1. The normalized spacial score (nSPS) is 10.5. The molecule has 4 aromatic rings. The van der Waals surface area contributed by atoms with E-state index in [9.17, 15) is 4.79 Å². The molecule has 0 saturated heterocycles.